The third kappa shape index (κ3) is 4.52. The molecule has 1 aliphatic rings. The van der Waals surface area contributed by atoms with Crippen LogP contribution in [-0.4, -0.2) is 39.4 Å². The summed E-state index contributed by atoms with van der Waals surface area (Å²) in [6.07, 6.45) is 1.84. The molecule has 25 heavy (non-hydrogen) atoms. The van der Waals surface area contributed by atoms with Crippen molar-refractivity contribution in [3.05, 3.63) is 46.7 Å². The summed E-state index contributed by atoms with van der Waals surface area (Å²) >= 11 is 1.74. The molecule has 0 spiro atoms. The second-order valence-electron chi connectivity index (χ2n) is 6.11. The Balaban J connectivity index is 1.55. The maximum absolute atomic E-state index is 12.2. The first-order valence-electron chi connectivity index (χ1n) is 8.37. The molecule has 3 rings (SSSR count). The smallest absolute Gasteiger partial charge is 0.257 e. The Morgan fingerprint density at radius 1 is 1.24 bits per heavy atom. The highest BCUT2D eigenvalue weighted by Crippen LogP contribution is 2.36. The quantitative estimate of drug-likeness (QED) is 0.824. The molecule has 2 heterocycles. The van der Waals surface area contributed by atoms with Gasteiger partial charge in [-0.25, -0.2) is 0 Å². The summed E-state index contributed by atoms with van der Waals surface area (Å²) in [7, 11) is 1.60. The molecule has 5 nitrogen and oxygen atoms in total. The van der Waals surface area contributed by atoms with Crippen LogP contribution < -0.4 is 14.8 Å². The molecule has 0 saturated carbocycles. The standard InChI is InChI=1S/C19H23NO4S/c1-22-15-4-2-5-16(12-15)24-13-18(21)20-14-19(7-9-23-10-8-19)17-6-3-11-25-17/h2-6,11-12H,7-10,13-14H2,1H3,(H,20,21). The average molecular weight is 361 g/mol. The Morgan fingerprint density at radius 3 is 2.76 bits per heavy atom. The first-order valence-corrected chi connectivity index (χ1v) is 9.25. The van der Waals surface area contributed by atoms with Gasteiger partial charge in [-0.05, 0) is 36.4 Å². The van der Waals surface area contributed by atoms with Gasteiger partial charge in [-0.3, -0.25) is 4.79 Å². The molecule has 1 fully saturated rings. The van der Waals surface area contributed by atoms with Crippen molar-refractivity contribution in [3.8, 4) is 11.5 Å². The number of hydrogen-bond acceptors (Lipinski definition) is 5. The lowest BCUT2D eigenvalue weighted by molar-refractivity contribution is -0.123. The maximum atomic E-state index is 12.2. The first kappa shape index (κ1) is 17.8. The van der Waals surface area contributed by atoms with E-state index in [1.165, 1.54) is 4.88 Å². The lowest BCUT2D eigenvalue weighted by Gasteiger charge is -2.36. The van der Waals surface area contributed by atoms with E-state index < -0.39 is 0 Å². The fourth-order valence-electron chi connectivity index (χ4n) is 3.01. The minimum absolute atomic E-state index is 0.00973. The van der Waals surface area contributed by atoms with Crippen molar-refractivity contribution in [1.29, 1.82) is 0 Å². The van der Waals surface area contributed by atoms with E-state index in [9.17, 15) is 4.79 Å². The number of benzene rings is 1. The highest BCUT2D eigenvalue weighted by atomic mass is 32.1. The molecule has 1 aliphatic heterocycles. The lowest BCUT2D eigenvalue weighted by Crippen LogP contribution is -2.45. The van der Waals surface area contributed by atoms with Crippen molar-refractivity contribution in [2.75, 3.05) is 33.5 Å². The fraction of sp³-hybridized carbons (Fsp3) is 0.421. The van der Waals surface area contributed by atoms with Gasteiger partial charge in [0.15, 0.2) is 6.61 Å². The SMILES string of the molecule is COc1cccc(OCC(=O)NCC2(c3cccs3)CCOCC2)c1. The van der Waals surface area contributed by atoms with Gasteiger partial charge in [0.05, 0.1) is 7.11 Å². The van der Waals surface area contributed by atoms with Crippen LogP contribution in [-0.2, 0) is 14.9 Å². The van der Waals surface area contributed by atoms with E-state index in [4.69, 9.17) is 14.2 Å². The van der Waals surface area contributed by atoms with Gasteiger partial charge in [-0.15, -0.1) is 11.3 Å². The molecule has 1 amide bonds. The third-order valence-corrected chi connectivity index (χ3v) is 5.65. The van der Waals surface area contributed by atoms with Crippen LogP contribution in [0.4, 0.5) is 0 Å². The van der Waals surface area contributed by atoms with E-state index >= 15 is 0 Å². The van der Waals surface area contributed by atoms with Crippen LogP contribution in [0, 0.1) is 0 Å². The molecular formula is C19H23NO4S. The highest BCUT2D eigenvalue weighted by molar-refractivity contribution is 7.10. The van der Waals surface area contributed by atoms with Crippen LogP contribution in [0.2, 0.25) is 0 Å². The van der Waals surface area contributed by atoms with Gasteiger partial charge in [0.1, 0.15) is 11.5 Å². The molecule has 134 valence electrons. The Kier molecular flexibility index (Phi) is 5.94. The Morgan fingerprint density at radius 2 is 2.04 bits per heavy atom. The summed E-state index contributed by atoms with van der Waals surface area (Å²) in [6, 6.07) is 11.4. The summed E-state index contributed by atoms with van der Waals surface area (Å²) in [5.41, 5.74) is -0.0297. The van der Waals surface area contributed by atoms with E-state index in [-0.39, 0.29) is 17.9 Å². The number of amides is 1. The number of hydrogen-bond donors (Lipinski definition) is 1. The number of carbonyl (C=O) groups is 1. The van der Waals surface area contributed by atoms with Crippen molar-refractivity contribution in [1.82, 2.24) is 5.32 Å². The van der Waals surface area contributed by atoms with Gasteiger partial charge in [0.2, 0.25) is 0 Å². The van der Waals surface area contributed by atoms with Gasteiger partial charge in [-0.2, -0.15) is 0 Å². The summed E-state index contributed by atoms with van der Waals surface area (Å²) < 4.78 is 16.2. The van der Waals surface area contributed by atoms with Crippen LogP contribution in [0.15, 0.2) is 41.8 Å². The second kappa shape index (κ2) is 8.36. The molecule has 1 aromatic carbocycles. The topological polar surface area (TPSA) is 56.8 Å². The van der Waals surface area contributed by atoms with Crippen LogP contribution in [0.25, 0.3) is 0 Å². The van der Waals surface area contributed by atoms with Crippen LogP contribution in [0.1, 0.15) is 17.7 Å². The first-order chi connectivity index (χ1) is 12.2. The zero-order valence-electron chi connectivity index (χ0n) is 14.3. The number of thiophene rings is 1. The zero-order chi connectivity index (χ0) is 17.5. The van der Waals surface area contributed by atoms with E-state index in [1.807, 2.05) is 12.1 Å². The maximum Gasteiger partial charge on any atom is 0.257 e. The Hall–Kier alpha value is -2.05. The van der Waals surface area contributed by atoms with Crippen molar-refractivity contribution in [2.24, 2.45) is 0 Å². The summed E-state index contributed by atoms with van der Waals surface area (Å²) in [5.74, 6) is 1.20. The number of rotatable bonds is 7. The van der Waals surface area contributed by atoms with Crippen molar-refractivity contribution < 1.29 is 19.0 Å². The van der Waals surface area contributed by atoms with Crippen molar-refractivity contribution in [3.63, 3.8) is 0 Å². The monoisotopic (exact) mass is 361 g/mol. The van der Waals surface area contributed by atoms with Crippen LogP contribution in [0.3, 0.4) is 0 Å². The molecule has 0 radical (unpaired) electrons. The highest BCUT2D eigenvalue weighted by Gasteiger charge is 2.35. The predicted molar refractivity (Wildman–Crippen MR) is 97.5 cm³/mol. The summed E-state index contributed by atoms with van der Waals surface area (Å²) in [5, 5.41) is 5.12. The number of nitrogens with one attached hydrogen (secondary N) is 1. The number of methoxy groups -OCH3 is 1. The molecule has 0 aliphatic carbocycles. The van der Waals surface area contributed by atoms with E-state index in [2.05, 4.69) is 22.8 Å². The van der Waals surface area contributed by atoms with Crippen molar-refractivity contribution >= 4 is 17.2 Å². The molecule has 1 aromatic heterocycles. The Labute approximate surface area is 151 Å². The average Bonchev–Trinajstić information content (AvgIpc) is 3.21. The molecule has 0 unspecified atom stereocenters. The number of carbonyl (C=O) groups excluding carboxylic acids is 1. The largest absolute Gasteiger partial charge is 0.497 e. The normalized spacial score (nSPS) is 16.2. The van der Waals surface area contributed by atoms with E-state index in [1.54, 1.807) is 30.6 Å². The summed E-state index contributed by atoms with van der Waals surface area (Å²) in [4.78, 5) is 13.5. The zero-order valence-corrected chi connectivity index (χ0v) is 15.1. The molecule has 0 atom stereocenters. The molecular weight excluding hydrogens is 338 g/mol. The van der Waals surface area contributed by atoms with Gasteiger partial charge >= 0.3 is 0 Å². The molecule has 1 saturated heterocycles. The minimum atomic E-state index is -0.120. The van der Waals surface area contributed by atoms with Gasteiger partial charge in [0, 0.05) is 36.1 Å². The molecule has 2 aromatic rings. The molecule has 1 N–H and O–H groups in total. The van der Waals surface area contributed by atoms with Crippen LogP contribution in [0.5, 0.6) is 11.5 Å². The number of ether oxygens (including phenoxy) is 3. The predicted octanol–water partition coefficient (Wildman–Crippen LogP) is 3.00. The fourth-order valence-corrected chi connectivity index (χ4v) is 4.00. The Bertz CT molecular complexity index is 680. The van der Waals surface area contributed by atoms with Gasteiger partial charge in [0.25, 0.3) is 5.91 Å². The van der Waals surface area contributed by atoms with Crippen LogP contribution >= 0.6 is 11.3 Å². The summed E-state index contributed by atoms with van der Waals surface area (Å²) in [6.45, 7) is 2.06. The minimum Gasteiger partial charge on any atom is -0.497 e. The molecule has 6 heteroatoms. The van der Waals surface area contributed by atoms with E-state index in [0.29, 0.717) is 18.0 Å². The van der Waals surface area contributed by atoms with E-state index in [0.717, 1.165) is 26.1 Å². The second-order valence-corrected chi connectivity index (χ2v) is 7.06. The van der Waals surface area contributed by atoms with Gasteiger partial charge < -0.3 is 19.5 Å². The third-order valence-electron chi connectivity index (χ3n) is 4.53. The lowest BCUT2D eigenvalue weighted by atomic mass is 9.78. The van der Waals surface area contributed by atoms with Crippen molar-refractivity contribution in [2.45, 2.75) is 18.3 Å². The molecule has 0 bridgehead atoms. The van der Waals surface area contributed by atoms with Gasteiger partial charge in [-0.1, -0.05) is 12.1 Å².